The Hall–Kier alpha value is -1.36. The lowest BCUT2D eigenvalue weighted by Crippen LogP contribution is -2.40. The summed E-state index contributed by atoms with van der Waals surface area (Å²) in [5, 5.41) is 2.75. The third-order valence-corrected chi connectivity index (χ3v) is 2.70. The molecule has 1 aromatic carbocycles. The molecule has 0 aliphatic heterocycles. The predicted molar refractivity (Wildman–Crippen MR) is 72.9 cm³/mol. The van der Waals surface area contributed by atoms with Gasteiger partial charge in [-0.25, -0.2) is 0 Å². The molecule has 0 spiro atoms. The Morgan fingerprint density at radius 3 is 2.61 bits per heavy atom. The molecule has 1 atom stereocenters. The summed E-state index contributed by atoms with van der Waals surface area (Å²) in [6.07, 6.45) is 0.0555. The Morgan fingerprint density at radius 2 is 2.06 bits per heavy atom. The van der Waals surface area contributed by atoms with Crippen molar-refractivity contribution in [2.45, 2.75) is 32.9 Å². The van der Waals surface area contributed by atoms with Crippen molar-refractivity contribution in [2.75, 3.05) is 0 Å². The quantitative estimate of drug-likeness (QED) is 0.850. The van der Waals surface area contributed by atoms with Gasteiger partial charge >= 0.3 is 0 Å². The highest BCUT2D eigenvalue weighted by Crippen LogP contribution is 2.22. The highest BCUT2D eigenvalue weighted by Gasteiger charge is 2.16. The molecule has 4 nitrogen and oxygen atoms in total. The highest BCUT2D eigenvalue weighted by atomic mass is 79.9. The average Bonchev–Trinajstić information content (AvgIpc) is 2.30. The van der Waals surface area contributed by atoms with Crippen LogP contribution in [0, 0.1) is 0 Å². The van der Waals surface area contributed by atoms with Crippen LogP contribution in [0.1, 0.15) is 31.1 Å². The molecule has 0 bridgehead atoms. The van der Waals surface area contributed by atoms with Crippen LogP contribution < -0.4 is 10.1 Å². The maximum atomic E-state index is 11.7. The maximum Gasteiger partial charge on any atom is 0.260 e. The van der Waals surface area contributed by atoms with Gasteiger partial charge < -0.3 is 10.1 Å². The minimum atomic E-state index is -0.646. The van der Waals surface area contributed by atoms with E-state index in [0.717, 1.165) is 4.47 Å². The van der Waals surface area contributed by atoms with E-state index >= 15 is 0 Å². The van der Waals surface area contributed by atoms with Gasteiger partial charge in [0.1, 0.15) is 5.75 Å². The fourth-order valence-corrected chi connectivity index (χ4v) is 1.74. The Bertz CT molecular complexity index is 446. The first-order valence-corrected chi connectivity index (χ1v) is 6.45. The first kappa shape index (κ1) is 14.7. The summed E-state index contributed by atoms with van der Waals surface area (Å²) in [5.74, 6) is 0.198. The Morgan fingerprint density at radius 1 is 1.39 bits per heavy atom. The Kier molecular flexibility index (Phi) is 5.34. The van der Waals surface area contributed by atoms with Crippen LogP contribution in [0.3, 0.4) is 0 Å². The summed E-state index contributed by atoms with van der Waals surface area (Å²) < 4.78 is 6.28. The number of carbonyl (C=O) groups excluding carboxylic acids is 2. The van der Waals surface area contributed by atoms with Gasteiger partial charge in [0, 0.05) is 10.5 Å². The second-order valence-corrected chi connectivity index (χ2v) is 5.14. The van der Waals surface area contributed by atoms with Gasteiger partial charge in [0.05, 0.1) is 5.56 Å². The van der Waals surface area contributed by atoms with Crippen LogP contribution in [-0.2, 0) is 4.79 Å². The van der Waals surface area contributed by atoms with E-state index in [1.165, 1.54) is 0 Å². The standard InChI is InChI=1S/C13H16BrNO3/c1-8(2)15-13(17)9(3)18-12-5-4-11(14)6-10(12)7-16/h4-9H,1-3H3,(H,15,17). The molecule has 0 radical (unpaired) electrons. The van der Waals surface area contributed by atoms with Crippen molar-refractivity contribution in [3.05, 3.63) is 28.2 Å². The highest BCUT2D eigenvalue weighted by molar-refractivity contribution is 9.10. The fourth-order valence-electron chi connectivity index (χ4n) is 1.36. The molecule has 0 aromatic heterocycles. The number of ether oxygens (including phenoxy) is 1. The van der Waals surface area contributed by atoms with Gasteiger partial charge in [0.15, 0.2) is 12.4 Å². The third kappa shape index (κ3) is 4.14. The van der Waals surface area contributed by atoms with Crippen LogP contribution in [0.5, 0.6) is 5.75 Å². The van der Waals surface area contributed by atoms with E-state index < -0.39 is 6.10 Å². The zero-order valence-electron chi connectivity index (χ0n) is 10.6. The zero-order chi connectivity index (χ0) is 13.7. The average molecular weight is 314 g/mol. The number of hydrogen-bond acceptors (Lipinski definition) is 3. The molecule has 0 saturated heterocycles. The molecule has 5 heteroatoms. The normalized spacial score (nSPS) is 12.1. The van der Waals surface area contributed by atoms with Crippen LogP contribution in [-0.4, -0.2) is 24.3 Å². The van der Waals surface area contributed by atoms with E-state index in [0.29, 0.717) is 17.6 Å². The molecule has 98 valence electrons. The van der Waals surface area contributed by atoms with Crippen LogP contribution >= 0.6 is 15.9 Å². The van der Waals surface area contributed by atoms with Crippen LogP contribution in [0.4, 0.5) is 0 Å². The molecule has 1 unspecified atom stereocenters. The predicted octanol–water partition coefficient (Wildman–Crippen LogP) is 2.55. The minimum absolute atomic E-state index is 0.0546. The van der Waals surface area contributed by atoms with Gasteiger partial charge in [-0.05, 0) is 39.0 Å². The topological polar surface area (TPSA) is 55.4 Å². The van der Waals surface area contributed by atoms with Crippen LogP contribution in [0.15, 0.2) is 22.7 Å². The molecule has 0 fully saturated rings. The molecule has 1 amide bonds. The van der Waals surface area contributed by atoms with E-state index in [4.69, 9.17) is 4.74 Å². The molecule has 1 aromatic rings. The number of halogens is 1. The minimum Gasteiger partial charge on any atom is -0.480 e. The summed E-state index contributed by atoms with van der Waals surface area (Å²) in [6, 6.07) is 5.12. The number of rotatable bonds is 5. The van der Waals surface area contributed by atoms with Crippen molar-refractivity contribution in [3.63, 3.8) is 0 Å². The zero-order valence-corrected chi connectivity index (χ0v) is 12.2. The van der Waals surface area contributed by atoms with Gasteiger partial charge in [0.25, 0.3) is 5.91 Å². The number of hydrogen-bond donors (Lipinski definition) is 1. The second-order valence-electron chi connectivity index (χ2n) is 4.22. The lowest BCUT2D eigenvalue weighted by molar-refractivity contribution is -0.127. The van der Waals surface area contributed by atoms with Crippen LogP contribution in [0.25, 0.3) is 0 Å². The summed E-state index contributed by atoms with van der Waals surface area (Å²) in [5.41, 5.74) is 0.411. The van der Waals surface area contributed by atoms with Crippen molar-refractivity contribution >= 4 is 28.1 Å². The molecule has 0 aliphatic rings. The number of nitrogens with one attached hydrogen (secondary N) is 1. The van der Waals surface area contributed by atoms with Crippen molar-refractivity contribution in [3.8, 4) is 5.75 Å². The van der Waals surface area contributed by atoms with E-state index in [9.17, 15) is 9.59 Å². The van der Waals surface area contributed by atoms with Crippen molar-refractivity contribution in [2.24, 2.45) is 0 Å². The molecular weight excluding hydrogens is 298 g/mol. The third-order valence-electron chi connectivity index (χ3n) is 2.20. The Labute approximate surface area is 115 Å². The monoisotopic (exact) mass is 313 g/mol. The van der Waals surface area contributed by atoms with Gasteiger partial charge in [0.2, 0.25) is 0 Å². The number of benzene rings is 1. The maximum absolute atomic E-state index is 11.7. The molecule has 1 N–H and O–H groups in total. The summed E-state index contributed by atoms with van der Waals surface area (Å²) in [4.78, 5) is 22.6. The van der Waals surface area contributed by atoms with Gasteiger partial charge in [-0.15, -0.1) is 0 Å². The molecule has 0 aliphatic carbocycles. The lowest BCUT2D eigenvalue weighted by atomic mass is 10.2. The first-order valence-electron chi connectivity index (χ1n) is 5.65. The molecular formula is C13H16BrNO3. The summed E-state index contributed by atoms with van der Waals surface area (Å²) in [7, 11) is 0. The molecule has 0 heterocycles. The van der Waals surface area contributed by atoms with Crippen molar-refractivity contribution in [1.82, 2.24) is 5.32 Å². The largest absolute Gasteiger partial charge is 0.480 e. The SMILES string of the molecule is CC(C)NC(=O)C(C)Oc1ccc(Br)cc1C=O. The van der Waals surface area contributed by atoms with Crippen molar-refractivity contribution < 1.29 is 14.3 Å². The van der Waals surface area contributed by atoms with Gasteiger partial charge in [-0.2, -0.15) is 0 Å². The van der Waals surface area contributed by atoms with E-state index in [1.54, 1.807) is 25.1 Å². The van der Waals surface area contributed by atoms with Gasteiger partial charge in [-0.1, -0.05) is 15.9 Å². The Balaban J connectivity index is 2.78. The van der Waals surface area contributed by atoms with Crippen molar-refractivity contribution in [1.29, 1.82) is 0 Å². The lowest BCUT2D eigenvalue weighted by Gasteiger charge is -2.17. The molecule has 1 rings (SSSR count). The summed E-state index contributed by atoms with van der Waals surface area (Å²) in [6.45, 7) is 5.40. The fraction of sp³-hybridized carbons (Fsp3) is 0.385. The summed E-state index contributed by atoms with van der Waals surface area (Å²) >= 11 is 3.27. The van der Waals surface area contributed by atoms with E-state index in [1.807, 2.05) is 13.8 Å². The smallest absolute Gasteiger partial charge is 0.260 e. The van der Waals surface area contributed by atoms with E-state index in [-0.39, 0.29) is 11.9 Å². The second kappa shape index (κ2) is 6.54. The number of aldehydes is 1. The van der Waals surface area contributed by atoms with Gasteiger partial charge in [-0.3, -0.25) is 9.59 Å². The molecule has 18 heavy (non-hydrogen) atoms. The van der Waals surface area contributed by atoms with E-state index in [2.05, 4.69) is 21.2 Å². The number of amides is 1. The molecule has 0 saturated carbocycles. The number of carbonyl (C=O) groups is 2. The van der Waals surface area contributed by atoms with Crippen LogP contribution in [0.2, 0.25) is 0 Å². The first-order chi connectivity index (χ1) is 8.43.